The van der Waals surface area contributed by atoms with Crippen LogP contribution in [0.1, 0.15) is 62.5 Å². The predicted octanol–water partition coefficient (Wildman–Crippen LogP) is 3.40. The number of phenolic OH excluding ortho intramolecular Hbond substituents is 1. The molecule has 0 spiro atoms. The number of nitrogens with two attached hydrogens (primary N) is 1. The molecule has 0 aliphatic heterocycles. The summed E-state index contributed by atoms with van der Waals surface area (Å²) in [6.07, 6.45) is 9.03. The highest BCUT2D eigenvalue weighted by atomic mass is 32.2. The molecular formula is C36H48N4O6S. The fourth-order valence-electron chi connectivity index (χ4n) is 8.86. The first-order chi connectivity index (χ1) is 22.5. The Bertz CT molecular complexity index is 1410. The van der Waals surface area contributed by atoms with Gasteiger partial charge in [-0.25, -0.2) is 4.79 Å². The summed E-state index contributed by atoms with van der Waals surface area (Å²) < 4.78 is 0. The number of aliphatic carboxylic acids is 1. The monoisotopic (exact) mass is 664 g/mol. The maximum Gasteiger partial charge on any atom is 0.326 e. The standard InChI is InChI=1S/C36H48N4O6S/c1-47-12-11-29(34(45)46)40-33(44)30(15-23-5-3-2-4-6-23)39-31(42)20-35-16-25-13-26(17-35)19-36(18-25,21-35)22-38-32(43)28(37)14-24-7-9-27(41)10-8-24/h2-10,25-26,28-30,41H,11-22,37H2,1H3,(H,38,43)(H,39,42)(H,40,44)(H,45,46)/t25?,26?,28-,29-,30-,35?,36?/m0/s1. The quantitative estimate of drug-likeness (QED) is 0.159. The zero-order valence-corrected chi connectivity index (χ0v) is 27.9. The summed E-state index contributed by atoms with van der Waals surface area (Å²) in [5, 5.41) is 28.0. The largest absolute Gasteiger partial charge is 0.508 e. The van der Waals surface area contributed by atoms with E-state index in [1.54, 1.807) is 24.3 Å². The van der Waals surface area contributed by atoms with Gasteiger partial charge in [0.1, 0.15) is 17.8 Å². The first-order valence-corrected chi connectivity index (χ1v) is 18.0. The zero-order chi connectivity index (χ0) is 33.6. The predicted molar refractivity (Wildman–Crippen MR) is 182 cm³/mol. The number of hydrogen-bond acceptors (Lipinski definition) is 7. The molecule has 0 heterocycles. The number of carboxylic acids is 1. The van der Waals surface area contributed by atoms with Gasteiger partial charge in [0, 0.05) is 19.4 Å². The lowest BCUT2D eigenvalue weighted by atomic mass is 9.43. The van der Waals surface area contributed by atoms with Gasteiger partial charge in [0.25, 0.3) is 0 Å². The second-order valence-corrected chi connectivity index (χ2v) is 15.3. The van der Waals surface area contributed by atoms with Crippen molar-refractivity contribution in [2.24, 2.45) is 28.4 Å². The van der Waals surface area contributed by atoms with Crippen LogP contribution in [0.3, 0.4) is 0 Å². The number of phenols is 1. The van der Waals surface area contributed by atoms with Gasteiger partial charge >= 0.3 is 5.97 Å². The van der Waals surface area contributed by atoms with E-state index >= 15 is 0 Å². The summed E-state index contributed by atoms with van der Waals surface area (Å²) in [6.45, 7) is 0.525. The molecule has 0 saturated heterocycles. The number of hydrogen-bond donors (Lipinski definition) is 6. The molecule has 4 aliphatic carbocycles. The first kappa shape index (κ1) is 34.8. The van der Waals surface area contributed by atoms with Crippen LogP contribution in [-0.4, -0.2) is 70.6 Å². The van der Waals surface area contributed by atoms with Gasteiger partial charge in [0.15, 0.2) is 0 Å². The molecule has 5 atom stereocenters. The molecule has 4 saturated carbocycles. The molecule has 2 unspecified atom stereocenters. The summed E-state index contributed by atoms with van der Waals surface area (Å²) in [7, 11) is 0. The van der Waals surface area contributed by atoms with Gasteiger partial charge < -0.3 is 31.9 Å². The first-order valence-electron chi connectivity index (χ1n) is 16.6. The van der Waals surface area contributed by atoms with E-state index in [2.05, 4.69) is 16.0 Å². The average molecular weight is 665 g/mol. The van der Waals surface area contributed by atoms with Gasteiger partial charge in [-0.3, -0.25) is 14.4 Å². The van der Waals surface area contributed by atoms with Crippen molar-refractivity contribution in [3.05, 3.63) is 65.7 Å². The summed E-state index contributed by atoms with van der Waals surface area (Å²) in [5.41, 5.74) is 7.71. The number of amides is 3. The normalized spacial score (nSPS) is 26.2. The van der Waals surface area contributed by atoms with Crippen LogP contribution >= 0.6 is 11.8 Å². The molecule has 4 fully saturated rings. The van der Waals surface area contributed by atoms with Crippen LogP contribution in [0.4, 0.5) is 0 Å². The van der Waals surface area contributed by atoms with Crippen molar-refractivity contribution in [2.75, 3.05) is 18.6 Å². The molecule has 3 amide bonds. The third-order valence-electron chi connectivity index (χ3n) is 10.4. The van der Waals surface area contributed by atoms with Crippen LogP contribution in [0.15, 0.2) is 54.6 Å². The van der Waals surface area contributed by atoms with Crippen LogP contribution in [0.25, 0.3) is 0 Å². The van der Waals surface area contributed by atoms with Crippen molar-refractivity contribution in [3.63, 3.8) is 0 Å². The van der Waals surface area contributed by atoms with Crippen molar-refractivity contribution in [1.82, 2.24) is 16.0 Å². The number of rotatable bonds is 16. The van der Waals surface area contributed by atoms with Crippen LogP contribution < -0.4 is 21.7 Å². The van der Waals surface area contributed by atoms with Crippen molar-refractivity contribution >= 4 is 35.5 Å². The van der Waals surface area contributed by atoms with E-state index in [0.717, 1.165) is 49.7 Å². The smallest absolute Gasteiger partial charge is 0.326 e. The van der Waals surface area contributed by atoms with E-state index in [1.165, 1.54) is 11.8 Å². The Labute approximate surface area is 281 Å². The number of carbonyl (C=O) groups is 4. The van der Waals surface area contributed by atoms with E-state index in [9.17, 15) is 29.4 Å². The number of carbonyl (C=O) groups excluding carboxylic acids is 3. The van der Waals surface area contributed by atoms with Crippen LogP contribution in [-0.2, 0) is 32.0 Å². The molecular weight excluding hydrogens is 616 g/mol. The molecule has 2 aromatic carbocycles. The number of thioether (sulfide) groups is 1. The molecule has 4 aliphatic rings. The van der Waals surface area contributed by atoms with E-state index in [-0.39, 0.29) is 34.8 Å². The van der Waals surface area contributed by atoms with Gasteiger partial charge in [-0.1, -0.05) is 42.5 Å². The Morgan fingerprint density at radius 3 is 2.15 bits per heavy atom. The third kappa shape index (κ3) is 9.07. The fourth-order valence-corrected chi connectivity index (χ4v) is 9.33. The minimum absolute atomic E-state index is 0.0922. The Hall–Kier alpha value is -3.57. The molecule has 47 heavy (non-hydrogen) atoms. The highest BCUT2D eigenvalue weighted by Gasteiger charge is 2.58. The summed E-state index contributed by atoms with van der Waals surface area (Å²) >= 11 is 1.51. The SMILES string of the molecule is CSCC[C@H](NC(=O)[C@H](Cc1ccccc1)NC(=O)CC12CC3CC(CC(CNC(=O)[C@@H](N)Cc4ccc(O)cc4)(C3)C1)C2)C(=O)O. The molecule has 7 N–H and O–H groups in total. The Balaban J connectivity index is 1.23. The second kappa shape index (κ2) is 15.1. The van der Waals surface area contributed by atoms with E-state index in [1.807, 2.05) is 36.6 Å². The Morgan fingerprint density at radius 1 is 0.872 bits per heavy atom. The highest BCUT2D eigenvalue weighted by molar-refractivity contribution is 7.98. The van der Waals surface area contributed by atoms with Gasteiger partial charge in [-0.2, -0.15) is 11.8 Å². The molecule has 0 radical (unpaired) electrons. The number of nitrogens with one attached hydrogen (secondary N) is 3. The van der Waals surface area contributed by atoms with E-state index in [4.69, 9.17) is 5.73 Å². The number of carboxylic acid groups (broad SMARTS) is 1. The summed E-state index contributed by atoms with van der Waals surface area (Å²) in [5.74, 6) is -0.259. The van der Waals surface area contributed by atoms with E-state index < -0.39 is 30.0 Å². The van der Waals surface area contributed by atoms with Gasteiger partial charge in [0.2, 0.25) is 17.7 Å². The van der Waals surface area contributed by atoms with Crippen molar-refractivity contribution in [3.8, 4) is 5.75 Å². The maximum absolute atomic E-state index is 13.8. The Kier molecular flexibility index (Phi) is 11.2. The summed E-state index contributed by atoms with van der Waals surface area (Å²) in [4.78, 5) is 52.1. The highest BCUT2D eigenvalue weighted by Crippen LogP contribution is 2.66. The molecule has 10 nitrogen and oxygen atoms in total. The van der Waals surface area contributed by atoms with Crippen molar-refractivity contribution in [2.45, 2.75) is 82.3 Å². The maximum atomic E-state index is 13.8. The second-order valence-electron chi connectivity index (χ2n) is 14.3. The lowest BCUT2D eigenvalue weighted by Crippen LogP contribution is -2.58. The van der Waals surface area contributed by atoms with E-state index in [0.29, 0.717) is 43.4 Å². The fraction of sp³-hybridized carbons (Fsp3) is 0.556. The Morgan fingerprint density at radius 2 is 1.51 bits per heavy atom. The summed E-state index contributed by atoms with van der Waals surface area (Å²) in [6, 6.07) is 13.5. The molecule has 0 aromatic heterocycles. The zero-order valence-electron chi connectivity index (χ0n) is 27.1. The van der Waals surface area contributed by atoms with Crippen LogP contribution in [0.2, 0.25) is 0 Å². The minimum atomic E-state index is -1.09. The number of aromatic hydroxyl groups is 1. The van der Waals surface area contributed by atoms with Crippen LogP contribution in [0, 0.1) is 22.7 Å². The third-order valence-corrected chi connectivity index (χ3v) is 11.0. The molecule has 254 valence electrons. The van der Waals surface area contributed by atoms with Gasteiger partial charge in [0.05, 0.1) is 6.04 Å². The topological polar surface area (TPSA) is 171 Å². The lowest BCUT2D eigenvalue weighted by Gasteiger charge is -2.62. The minimum Gasteiger partial charge on any atom is -0.508 e. The molecule has 4 bridgehead atoms. The molecule has 2 aromatic rings. The lowest BCUT2D eigenvalue weighted by molar-refractivity contribution is -0.144. The van der Waals surface area contributed by atoms with Crippen molar-refractivity contribution < 1.29 is 29.4 Å². The van der Waals surface area contributed by atoms with Crippen LogP contribution in [0.5, 0.6) is 5.75 Å². The molecule has 6 rings (SSSR count). The van der Waals surface area contributed by atoms with Gasteiger partial charge in [-0.15, -0.1) is 0 Å². The molecule has 11 heteroatoms. The van der Waals surface area contributed by atoms with Gasteiger partial charge in [-0.05, 0) is 109 Å². The average Bonchev–Trinajstić information content (AvgIpc) is 3.02. The van der Waals surface area contributed by atoms with Crippen molar-refractivity contribution in [1.29, 1.82) is 0 Å². The number of benzene rings is 2.